The number of esters is 1. The van der Waals surface area contributed by atoms with E-state index in [1.54, 1.807) is 31.3 Å². The zero-order chi connectivity index (χ0) is 25.1. The van der Waals surface area contributed by atoms with E-state index in [1.165, 1.54) is 18.7 Å². The smallest absolute Gasteiger partial charge is 0.338 e. The highest BCUT2D eigenvalue weighted by atomic mass is 32.2. The molecule has 8 heteroatoms. The average molecular weight is 501 g/mol. The lowest BCUT2D eigenvalue weighted by atomic mass is 9.87. The summed E-state index contributed by atoms with van der Waals surface area (Å²) in [5.74, 6) is -0.551. The van der Waals surface area contributed by atoms with E-state index in [9.17, 15) is 13.2 Å². The third-order valence-corrected chi connectivity index (χ3v) is 8.19. The molecule has 0 aliphatic heterocycles. The Labute approximate surface area is 206 Å². The van der Waals surface area contributed by atoms with E-state index < -0.39 is 16.0 Å². The lowest BCUT2D eigenvalue weighted by Crippen LogP contribution is -2.25. The van der Waals surface area contributed by atoms with Crippen LogP contribution in [0.15, 0.2) is 46.7 Å². The van der Waals surface area contributed by atoms with Crippen molar-refractivity contribution in [3.8, 4) is 10.6 Å². The monoisotopic (exact) mass is 500 g/mol. The highest BCUT2D eigenvalue weighted by Gasteiger charge is 2.20. The molecular formula is C26H32N2O4S2. The topological polar surface area (TPSA) is 85.4 Å². The Kier molecular flexibility index (Phi) is 7.95. The van der Waals surface area contributed by atoms with Gasteiger partial charge in [-0.2, -0.15) is 0 Å². The van der Waals surface area contributed by atoms with Crippen LogP contribution < -0.4 is 4.72 Å². The number of nitrogens with one attached hydrogen (secondary N) is 1. The van der Waals surface area contributed by atoms with Crippen LogP contribution in [0.1, 0.15) is 59.9 Å². The van der Waals surface area contributed by atoms with E-state index in [-0.39, 0.29) is 22.4 Å². The maximum atomic E-state index is 12.8. The van der Waals surface area contributed by atoms with Gasteiger partial charge >= 0.3 is 5.97 Å². The van der Waals surface area contributed by atoms with Gasteiger partial charge in [0.15, 0.2) is 0 Å². The molecule has 3 aromatic rings. The van der Waals surface area contributed by atoms with Crippen LogP contribution in [0.5, 0.6) is 0 Å². The van der Waals surface area contributed by atoms with Crippen molar-refractivity contribution in [1.82, 2.24) is 9.71 Å². The normalized spacial score (nSPS) is 12.1. The van der Waals surface area contributed by atoms with Crippen LogP contribution in [0.4, 0.5) is 0 Å². The van der Waals surface area contributed by atoms with Gasteiger partial charge in [-0.05, 0) is 60.9 Å². The fraction of sp³-hybridized carbons (Fsp3) is 0.385. The molecule has 1 heterocycles. The molecule has 0 spiro atoms. The number of nitrogens with zero attached hydrogens (tertiary/aromatic N) is 1. The standard InChI is InChI=1S/C26H32N2O4S2/c1-17-14-22(15-23(18(17)2)25(29)32-6)34(30,31)27-13-7-8-21-16-33-24(28-21)19-9-11-20(12-10-19)26(3,4)5/h9-12,14-16,27H,7-8,13H2,1-6H3. The van der Waals surface area contributed by atoms with Crippen molar-refractivity contribution >= 4 is 27.3 Å². The number of ether oxygens (including phenoxy) is 1. The molecule has 1 N–H and O–H groups in total. The molecule has 0 radical (unpaired) electrons. The number of benzene rings is 2. The molecule has 0 aliphatic carbocycles. The maximum absolute atomic E-state index is 12.8. The highest BCUT2D eigenvalue weighted by molar-refractivity contribution is 7.89. The summed E-state index contributed by atoms with van der Waals surface area (Å²) in [5, 5.41) is 2.98. The largest absolute Gasteiger partial charge is 0.465 e. The molecule has 3 rings (SSSR count). The van der Waals surface area contributed by atoms with E-state index in [0.29, 0.717) is 24.0 Å². The summed E-state index contributed by atoms with van der Waals surface area (Å²) in [6.07, 6.45) is 1.28. The first-order chi connectivity index (χ1) is 15.9. The Morgan fingerprint density at radius 1 is 1.12 bits per heavy atom. The lowest BCUT2D eigenvalue weighted by molar-refractivity contribution is 0.0599. The number of carbonyl (C=O) groups is 1. The van der Waals surface area contributed by atoms with E-state index in [2.05, 4.69) is 49.8 Å². The van der Waals surface area contributed by atoms with Crippen molar-refractivity contribution in [1.29, 1.82) is 0 Å². The van der Waals surface area contributed by atoms with Crippen LogP contribution in [0.3, 0.4) is 0 Å². The Morgan fingerprint density at radius 2 is 1.79 bits per heavy atom. The van der Waals surface area contributed by atoms with Gasteiger partial charge in [-0.3, -0.25) is 0 Å². The Balaban J connectivity index is 1.60. The van der Waals surface area contributed by atoms with Crippen LogP contribution in [0.2, 0.25) is 0 Å². The van der Waals surface area contributed by atoms with Gasteiger partial charge in [0.1, 0.15) is 5.01 Å². The second-order valence-electron chi connectivity index (χ2n) is 9.38. The molecule has 0 amide bonds. The zero-order valence-corrected chi connectivity index (χ0v) is 22.2. The van der Waals surface area contributed by atoms with Gasteiger partial charge in [-0.25, -0.2) is 22.9 Å². The number of carbonyl (C=O) groups excluding carboxylic acids is 1. The molecule has 34 heavy (non-hydrogen) atoms. The molecule has 0 bridgehead atoms. The molecule has 1 aromatic heterocycles. The second-order valence-corrected chi connectivity index (χ2v) is 12.0. The number of thiazole rings is 1. The minimum atomic E-state index is -3.75. The molecule has 6 nitrogen and oxygen atoms in total. The number of rotatable bonds is 8. The molecule has 0 fully saturated rings. The highest BCUT2D eigenvalue weighted by Crippen LogP contribution is 2.28. The van der Waals surface area contributed by atoms with Gasteiger partial charge in [0.2, 0.25) is 10.0 Å². The first-order valence-electron chi connectivity index (χ1n) is 11.2. The predicted molar refractivity (Wildman–Crippen MR) is 137 cm³/mol. The van der Waals surface area contributed by atoms with Crippen LogP contribution in [-0.4, -0.2) is 33.0 Å². The summed E-state index contributed by atoms with van der Waals surface area (Å²) in [6.45, 7) is 10.4. The number of sulfonamides is 1. The van der Waals surface area contributed by atoms with Crippen molar-refractivity contribution in [2.24, 2.45) is 0 Å². The summed E-state index contributed by atoms with van der Waals surface area (Å²) >= 11 is 1.59. The first kappa shape index (κ1) is 26.1. The molecule has 0 aliphatic rings. The van der Waals surface area contributed by atoms with Crippen LogP contribution in [-0.2, 0) is 26.6 Å². The summed E-state index contributed by atoms with van der Waals surface area (Å²) in [5.41, 5.74) is 5.10. The van der Waals surface area contributed by atoms with Crippen LogP contribution >= 0.6 is 11.3 Å². The summed E-state index contributed by atoms with van der Waals surface area (Å²) in [6, 6.07) is 11.4. The van der Waals surface area contributed by atoms with Gasteiger partial charge in [-0.15, -0.1) is 11.3 Å². The summed E-state index contributed by atoms with van der Waals surface area (Å²) in [4.78, 5) is 16.8. The first-order valence-corrected chi connectivity index (χ1v) is 13.5. The number of aromatic nitrogens is 1. The fourth-order valence-electron chi connectivity index (χ4n) is 3.53. The SMILES string of the molecule is COC(=O)c1cc(S(=O)(=O)NCCCc2csc(-c3ccc(C(C)(C)C)cc3)n2)cc(C)c1C. The number of hydrogen-bond acceptors (Lipinski definition) is 6. The van der Waals surface area contributed by atoms with Crippen LogP contribution in [0, 0.1) is 13.8 Å². The summed E-state index contributed by atoms with van der Waals surface area (Å²) < 4.78 is 33.0. The van der Waals surface area contributed by atoms with Crippen molar-refractivity contribution in [2.75, 3.05) is 13.7 Å². The molecule has 0 atom stereocenters. The minimum Gasteiger partial charge on any atom is -0.465 e. The van der Waals surface area contributed by atoms with Gasteiger partial charge < -0.3 is 4.74 Å². The van der Waals surface area contributed by atoms with Crippen LogP contribution in [0.25, 0.3) is 10.6 Å². The lowest BCUT2D eigenvalue weighted by Gasteiger charge is -2.18. The third-order valence-electron chi connectivity index (χ3n) is 5.81. The van der Waals surface area contributed by atoms with Gasteiger partial charge in [0.25, 0.3) is 0 Å². The number of aryl methyl sites for hydroxylation is 2. The third kappa shape index (κ3) is 6.11. The maximum Gasteiger partial charge on any atom is 0.338 e. The van der Waals surface area contributed by atoms with Crippen molar-refractivity contribution in [3.63, 3.8) is 0 Å². The van der Waals surface area contributed by atoms with E-state index in [1.807, 2.05) is 5.38 Å². The fourth-order valence-corrected chi connectivity index (χ4v) is 5.57. The molecule has 0 saturated carbocycles. The van der Waals surface area contributed by atoms with E-state index in [0.717, 1.165) is 16.3 Å². The quantitative estimate of drug-likeness (QED) is 0.330. The molecule has 2 aromatic carbocycles. The molecule has 0 saturated heterocycles. The number of hydrogen-bond donors (Lipinski definition) is 1. The van der Waals surface area contributed by atoms with Gasteiger partial charge in [0.05, 0.1) is 23.3 Å². The minimum absolute atomic E-state index is 0.0608. The van der Waals surface area contributed by atoms with Crippen molar-refractivity contribution < 1.29 is 17.9 Å². The van der Waals surface area contributed by atoms with E-state index in [4.69, 9.17) is 9.72 Å². The van der Waals surface area contributed by atoms with Gasteiger partial charge in [-0.1, -0.05) is 45.0 Å². The molecule has 0 unspecified atom stereocenters. The average Bonchev–Trinajstić information content (AvgIpc) is 3.26. The van der Waals surface area contributed by atoms with Crippen molar-refractivity contribution in [2.45, 2.75) is 57.8 Å². The Bertz CT molecular complexity index is 1270. The number of methoxy groups -OCH3 is 1. The second kappa shape index (κ2) is 10.4. The van der Waals surface area contributed by atoms with Crippen molar-refractivity contribution in [3.05, 3.63) is 69.7 Å². The Hall–Kier alpha value is -2.55. The predicted octanol–water partition coefficient (Wildman–Crippen LogP) is 5.42. The molecular weight excluding hydrogens is 468 g/mol. The van der Waals surface area contributed by atoms with E-state index >= 15 is 0 Å². The Morgan fingerprint density at radius 3 is 2.41 bits per heavy atom. The zero-order valence-electron chi connectivity index (χ0n) is 20.6. The molecule has 182 valence electrons. The summed E-state index contributed by atoms with van der Waals surface area (Å²) in [7, 11) is -2.47. The van der Waals surface area contributed by atoms with Gasteiger partial charge in [0, 0.05) is 17.5 Å².